The first kappa shape index (κ1) is 13.8. The van der Waals surface area contributed by atoms with E-state index in [0.29, 0.717) is 19.6 Å². The molecule has 0 aromatic rings. The van der Waals surface area contributed by atoms with Gasteiger partial charge in [0.05, 0.1) is 31.5 Å². The summed E-state index contributed by atoms with van der Waals surface area (Å²) in [5.41, 5.74) is 0. The molecular weight excluding hydrogens is 184 g/mol. The largest absolute Gasteiger partial charge is 0.396 e. The maximum Gasteiger partial charge on any atom is 0.0781 e. The molecule has 4 nitrogen and oxygen atoms in total. The zero-order chi connectivity index (χ0) is 11.0. The molecule has 86 valence electrons. The molecule has 0 saturated heterocycles. The second kappa shape index (κ2) is 8.17. The number of rotatable bonds is 8. The van der Waals surface area contributed by atoms with Crippen LogP contribution >= 0.6 is 0 Å². The minimum absolute atomic E-state index is 0.0225. The molecule has 0 rings (SSSR count). The Bertz CT molecular complexity index is 127. The normalized spacial score (nSPS) is 17.8. The summed E-state index contributed by atoms with van der Waals surface area (Å²) in [4.78, 5) is 0. The topological polar surface area (TPSA) is 58.9 Å². The van der Waals surface area contributed by atoms with E-state index in [1.165, 1.54) is 0 Å². The molecule has 0 radical (unpaired) electrons. The summed E-state index contributed by atoms with van der Waals surface area (Å²) in [5, 5.41) is 17.6. The Labute approximate surface area is 85.8 Å². The minimum atomic E-state index is -0.438. The Hall–Kier alpha value is -0.160. The van der Waals surface area contributed by atoms with Crippen LogP contribution in [0.2, 0.25) is 0 Å². The van der Waals surface area contributed by atoms with Crippen molar-refractivity contribution in [2.45, 2.75) is 45.5 Å². The molecule has 0 heterocycles. The molecule has 0 amide bonds. The number of hydrogen-bond donors (Lipinski definition) is 2. The molecule has 0 spiro atoms. The van der Waals surface area contributed by atoms with Crippen LogP contribution in [-0.2, 0) is 9.47 Å². The molecule has 0 aromatic carbocycles. The van der Waals surface area contributed by atoms with Gasteiger partial charge in [0.25, 0.3) is 0 Å². The van der Waals surface area contributed by atoms with Gasteiger partial charge in [0, 0.05) is 6.61 Å². The van der Waals surface area contributed by atoms with Gasteiger partial charge in [-0.15, -0.1) is 0 Å². The summed E-state index contributed by atoms with van der Waals surface area (Å²) in [6.45, 7) is 6.46. The predicted molar refractivity (Wildman–Crippen MR) is 54.2 cm³/mol. The van der Waals surface area contributed by atoms with Crippen LogP contribution in [-0.4, -0.2) is 48.3 Å². The van der Waals surface area contributed by atoms with Gasteiger partial charge in [-0.1, -0.05) is 0 Å². The number of aliphatic hydroxyl groups excluding tert-OH is 2. The van der Waals surface area contributed by atoms with Crippen molar-refractivity contribution in [1.82, 2.24) is 0 Å². The van der Waals surface area contributed by atoms with Gasteiger partial charge in [0.15, 0.2) is 0 Å². The van der Waals surface area contributed by atoms with Crippen molar-refractivity contribution >= 4 is 0 Å². The van der Waals surface area contributed by atoms with Crippen LogP contribution in [0.3, 0.4) is 0 Å². The summed E-state index contributed by atoms with van der Waals surface area (Å²) in [7, 11) is 0. The summed E-state index contributed by atoms with van der Waals surface area (Å²) >= 11 is 0. The lowest BCUT2D eigenvalue weighted by atomic mass is 10.3. The van der Waals surface area contributed by atoms with E-state index in [0.717, 1.165) is 0 Å². The van der Waals surface area contributed by atoms with Crippen molar-refractivity contribution in [3.05, 3.63) is 0 Å². The van der Waals surface area contributed by atoms with Gasteiger partial charge < -0.3 is 19.7 Å². The van der Waals surface area contributed by atoms with E-state index in [2.05, 4.69) is 0 Å². The van der Waals surface area contributed by atoms with Crippen molar-refractivity contribution < 1.29 is 19.7 Å². The highest BCUT2D eigenvalue weighted by atomic mass is 16.5. The van der Waals surface area contributed by atoms with Crippen molar-refractivity contribution in [2.75, 3.05) is 19.8 Å². The maximum absolute atomic E-state index is 8.96. The van der Waals surface area contributed by atoms with Gasteiger partial charge in [-0.25, -0.2) is 0 Å². The molecule has 3 unspecified atom stereocenters. The maximum atomic E-state index is 8.96. The lowest BCUT2D eigenvalue weighted by Gasteiger charge is -2.17. The fraction of sp³-hybridized carbons (Fsp3) is 1.00. The molecule has 0 fully saturated rings. The number of ether oxygens (including phenoxy) is 2. The minimum Gasteiger partial charge on any atom is -0.396 e. The second-order valence-corrected chi connectivity index (χ2v) is 3.65. The van der Waals surface area contributed by atoms with Crippen LogP contribution in [0.15, 0.2) is 0 Å². The molecule has 3 atom stereocenters. The molecule has 0 aliphatic heterocycles. The van der Waals surface area contributed by atoms with E-state index in [4.69, 9.17) is 19.7 Å². The molecule has 0 saturated carbocycles. The first-order chi connectivity index (χ1) is 6.56. The van der Waals surface area contributed by atoms with Gasteiger partial charge in [-0.05, 0) is 27.2 Å². The molecule has 2 N–H and O–H groups in total. The van der Waals surface area contributed by atoms with Gasteiger partial charge in [0.2, 0.25) is 0 Å². The molecular formula is C10H22O4. The quantitative estimate of drug-likeness (QED) is 0.609. The third-order valence-electron chi connectivity index (χ3n) is 1.77. The lowest BCUT2D eigenvalue weighted by Crippen LogP contribution is -2.24. The summed E-state index contributed by atoms with van der Waals surface area (Å²) in [5.74, 6) is 0. The summed E-state index contributed by atoms with van der Waals surface area (Å²) in [6, 6.07) is 0. The van der Waals surface area contributed by atoms with E-state index in [1.807, 2.05) is 13.8 Å². The van der Waals surface area contributed by atoms with E-state index in [9.17, 15) is 0 Å². The van der Waals surface area contributed by atoms with Crippen LogP contribution in [0, 0.1) is 0 Å². The molecule has 0 aliphatic carbocycles. The van der Waals surface area contributed by atoms with Crippen molar-refractivity contribution in [1.29, 1.82) is 0 Å². The molecule has 0 aliphatic rings. The average molecular weight is 206 g/mol. The van der Waals surface area contributed by atoms with E-state index >= 15 is 0 Å². The second-order valence-electron chi connectivity index (χ2n) is 3.65. The van der Waals surface area contributed by atoms with Crippen LogP contribution in [0.4, 0.5) is 0 Å². The van der Waals surface area contributed by atoms with E-state index in [-0.39, 0.29) is 18.8 Å². The SMILES string of the molecule is CC(O)COC(C)COC(C)CCO. The average Bonchev–Trinajstić information content (AvgIpc) is 2.12. The summed E-state index contributed by atoms with van der Waals surface area (Å²) in [6.07, 6.45) is 0.235. The van der Waals surface area contributed by atoms with Crippen molar-refractivity contribution in [3.63, 3.8) is 0 Å². The zero-order valence-corrected chi connectivity index (χ0v) is 9.27. The fourth-order valence-electron chi connectivity index (χ4n) is 0.917. The molecule has 4 heteroatoms. The fourth-order valence-corrected chi connectivity index (χ4v) is 0.917. The van der Waals surface area contributed by atoms with Gasteiger partial charge >= 0.3 is 0 Å². The van der Waals surface area contributed by atoms with Crippen LogP contribution in [0.1, 0.15) is 27.2 Å². The zero-order valence-electron chi connectivity index (χ0n) is 9.27. The Morgan fingerprint density at radius 2 is 1.57 bits per heavy atom. The van der Waals surface area contributed by atoms with Crippen molar-refractivity contribution in [3.8, 4) is 0 Å². The van der Waals surface area contributed by atoms with E-state index < -0.39 is 6.10 Å². The van der Waals surface area contributed by atoms with Gasteiger partial charge in [-0.2, -0.15) is 0 Å². The van der Waals surface area contributed by atoms with E-state index in [1.54, 1.807) is 6.92 Å². The smallest absolute Gasteiger partial charge is 0.0781 e. The third-order valence-corrected chi connectivity index (χ3v) is 1.77. The predicted octanol–water partition coefficient (Wildman–Crippen LogP) is 0.560. The molecule has 0 aromatic heterocycles. The molecule has 0 bridgehead atoms. The number of hydrogen-bond acceptors (Lipinski definition) is 4. The Balaban J connectivity index is 3.38. The Kier molecular flexibility index (Phi) is 8.08. The highest BCUT2D eigenvalue weighted by Gasteiger charge is 2.07. The van der Waals surface area contributed by atoms with Gasteiger partial charge in [-0.3, -0.25) is 0 Å². The summed E-state index contributed by atoms with van der Waals surface area (Å²) < 4.78 is 10.7. The molecule has 14 heavy (non-hydrogen) atoms. The highest BCUT2D eigenvalue weighted by Crippen LogP contribution is 2.00. The third kappa shape index (κ3) is 8.44. The van der Waals surface area contributed by atoms with Gasteiger partial charge in [0.1, 0.15) is 0 Å². The van der Waals surface area contributed by atoms with Crippen molar-refractivity contribution in [2.24, 2.45) is 0 Å². The highest BCUT2D eigenvalue weighted by molar-refractivity contribution is 4.54. The first-order valence-corrected chi connectivity index (χ1v) is 5.08. The Morgan fingerprint density at radius 1 is 1.00 bits per heavy atom. The monoisotopic (exact) mass is 206 g/mol. The first-order valence-electron chi connectivity index (χ1n) is 5.08. The van der Waals surface area contributed by atoms with Crippen LogP contribution in [0.25, 0.3) is 0 Å². The Morgan fingerprint density at radius 3 is 2.07 bits per heavy atom. The van der Waals surface area contributed by atoms with Crippen LogP contribution < -0.4 is 0 Å². The van der Waals surface area contributed by atoms with Crippen LogP contribution in [0.5, 0.6) is 0 Å². The lowest BCUT2D eigenvalue weighted by molar-refractivity contribution is -0.0561. The standard InChI is InChI=1S/C10H22O4/c1-8(12)6-13-10(3)7-14-9(2)4-5-11/h8-12H,4-7H2,1-3H3. The number of aliphatic hydroxyl groups is 2.